The molecule has 160 valence electrons. The number of hydrogen-bond acceptors (Lipinski definition) is 7. The SMILES string of the molecule is COc1ccc(-c2nnc(C(C)OC(=O)Cc3ccc(N4CCCC4=O)cc3)o2)cc1. The summed E-state index contributed by atoms with van der Waals surface area (Å²) in [6, 6.07) is 14.6. The first-order valence-corrected chi connectivity index (χ1v) is 10.1. The van der Waals surface area contributed by atoms with Crippen LogP contribution in [0.4, 0.5) is 5.69 Å². The Kier molecular flexibility index (Phi) is 5.97. The van der Waals surface area contributed by atoms with Crippen molar-refractivity contribution in [2.45, 2.75) is 32.3 Å². The Morgan fingerprint density at radius 1 is 1.13 bits per heavy atom. The van der Waals surface area contributed by atoms with Crippen molar-refractivity contribution in [3.05, 3.63) is 60.0 Å². The smallest absolute Gasteiger partial charge is 0.311 e. The number of anilines is 1. The highest BCUT2D eigenvalue weighted by atomic mass is 16.6. The number of nitrogens with zero attached hydrogens (tertiary/aromatic N) is 3. The molecule has 8 nitrogen and oxygen atoms in total. The van der Waals surface area contributed by atoms with Crippen LogP contribution in [0, 0.1) is 0 Å². The normalized spacial score (nSPS) is 14.5. The molecular formula is C23H23N3O5. The number of amides is 1. The molecule has 1 aliphatic rings. The molecule has 0 N–H and O–H groups in total. The Labute approximate surface area is 179 Å². The quantitative estimate of drug-likeness (QED) is 0.537. The Bertz CT molecular complexity index is 1060. The molecule has 0 spiro atoms. The van der Waals surface area contributed by atoms with Crippen molar-refractivity contribution < 1.29 is 23.5 Å². The standard InChI is InChI=1S/C23H23N3O5/c1-15(22-24-25-23(31-22)17-7-11-19(29-2)12-8-17)30-21(28)14-16-5-9-18(10-6-16)26-13-3-4-20(26)27/h5-12,15H,3-4,13-14H2,1-2H3. The summed E-state index contributed by atoms with van der Waals surface area (Å²) in [5, 5.41) is 8.02. The first-order valence-electron chi connectivity index (χ1n) is 10.1. The number of esters is 1. The highest BCUT2D eigenvalue weighted by molar-refractivity contribution is 5.95. The average molecular weight is 421 g/mol. The number of carbonyl (C=O) groups is 2. The summed E-state index contributed by atoms with van der Waals surface area (Å²) in [4.78, 5) is 26.0. The number of benzene rings is 2. The van der Waals surface area contributed by atoms with Crippen LogP contribution in [0.3, 0.4) is 0 Å². The molecule has 1 atom stereocenters. The van der Waals surface area contributed by atoms with Gasteiger partial charge in [0.05, 0.1) is 13.5 Å². The van der Waals surface area contributed by atoms with E-state index >= 15 is 0 Å². The Balaban J connectivity index is 1.34. The van der Waals surface area contributed by atoms with Crippen molar-refractivity contribution in [2.24, 2.45) is 0 Å². The van der Waals surface area contributed by atoms with Crippen LogP contribution in [0.1, 0.15) is 37.3 Å². The van der Waals surface area contributed by atoms with Crippen LogP contribution in [-0.2, 0) is 20.7 Å². The fraction of sp³-hybridized carbons (Fsp3) is 0.304. The number of ether oxygens (including phenoxy) is 2. The minimum Gasteiger partial charge on any atom is -0.497 e. The van der Waals surface area contributed by atoms with Gasteiger partial charge in [-0.25, -0.2) is 0 Å². The van der Waals surface area contributed by atoms with Crippen LogP contribution in [-0.4, -0.2) is 35.7 Å². The first-order chi connectivity index (χ1) is 15.0. The van der Waals surface area contributed by atoms with Gasteiger partial charge >= 0.3 is 5.97 Å². The van der Waals surface area contributed by atoms with Gasteiger partial charge in [0.25, 0.3) is 5.89 Å². The van der Waals surface area contributed by atoms with Gasteiger partial charge in [-0.2, -0.15) is 0 Å². The van der Waals surface area contributed by atoms with Crippen molar-refractivity contribution in [2.75, 3.05) is 18.6 Å². The van der Waals surface area contributed by atoms with Crippen LogP contribution < -0.4 is 9.64 Å². The van der Waals surface area contributed by atoms with E-state index in [9.17, 15) is 9.59 Å². The van der Waals surface area contributed by atoms with E-state index in [2.05, 4.69) is 10.2 Å². The van der Waals surface area contributed by atoms with E-state index in [0.29, 0.717) is 12.3 Å². The zero-order valence-corrected chi connectivity index (χ0v) is 17.4. The summed E-state index contributed by atoms with van der Waals surface area (Å²) >= 11 is 0. The lowest BCUT2D eigenvalue weighted by atomic mass is 10.1. The largest absolute Gasteiger partial charge is 0.497 e. The molecule has 1 saturated heterocycles. The minimum absolute atomic E-state index is 0.109. The summed E-state index contributed by atoms with van der Waals surface area (Å²) in [6.07, 6.45) is 0.897. The van der Waals surface area contributed by atoms with Crippen LogP contribution in [0.15, 0.2) is 52.9 Å². The van der Waals surface area contributed by atoms with Crippen molar-refractivity contribution in [1.29, 1.82) is 0 Å². The van der Waals surface area contributed by atoms with E-state index in [1.54, 1.807) is 31.1 Å². The summed E-state index contributed by atoms with van der Waals surface area (Å²) in [5.41, 5.74) is 2.40. The molecular weight excluding hydrogens is 398 g/mol. The Morgan fingerprint density at radius 2 is 1.87 bits per heavy atom. The first kappa shape index (κ1) is 20.6. The van der Waals surface area contributed by atoms with E-state index < -0.39 is 12.1 Å². The van der Waals surface area contributed by atoms with Crippen LogP contribution in [0.25, 0.3) is 11.5 Å². The second-order valence-corrected chi connectivity index (χ2v) is 7.30. The van der Waals surface area contributed by atoms with Gasteiger partial charge < -0.3 is 18.8 Å². The highest BCUT2D eigenvalue weighted by Gasteiger charge is 2.22. The van der Waals surface area contributed by atoms with E-state index in [-0.39, 0.29) is 18.2 Å². The molecule has 0 saturated carbocycles. The van der Waals surface area contributed by atoms with Gasteiger partial charge in [-0.3, -0.25) is 9.59 Å². The van der Waals surface area contributed by atoms with Crippen LogP contribution >= 0.6 is 0 Å². The van der Waals surface area contributed by atoms with E-state index in [0.717, 1.165) is 35.5 Å². The Hall–Kier alpha value is -3.68. The van der Waals surface area contributed by atoms with Crippen molar-refractivity contribution in [1.82, 2.24) is 10.2 Å². The molecule has 4 rings (SSSR count). The monoisotopic (exact) mass is 421 g/mol. The predicted molar refractivity (Wildman–Crippen MR) is 113 cm³/mol. The maximum absolute atomic E-state index is 12.3. The molecule has 1 amide bonds. The second-order valence-electron chi connectivity index (χ2n) is 7.30. The third-order valence-electron chi connectivity index (χ3n) is 5.10. The number of carbonyl (C=O) groups excluding carboxylic acids is 2. The lowest BCUT2D eigenvalue weighted by molar-refractivity contribution is -0.148. The minimum atomic E-state index is -0.673. The van der Waals surface area contributed by atoms with Gasteiger partial charge in [-0.1, -0.05) is 12.1 Å². The molecule has 0 bridgehead atoms. The van der Waals surface area contributed by atoms with Gasteiger partial charge in [0.15, 0.2) is 6.10 Å². The summed E-state index contributed by atoms with van der Waals surface area (Å²) in [5.74, 6) is 1.02. The zero-order chi connectivity index (χ0) is 21.8. The fourth-order valence-corrected chi connectivity index (χ4v) is 3.42. The number of rotatable bonds is 7. The molecule has 1 aromatic heterocycles. The van der Waals surface area contributed by atoms with Crippen LogP contribution in [0.2, 0.25) is 0 Å². The molecule has 2 aromatic carbocycles. The molecule has 1 aliphatic heterocycles. The lowest BCUT2D eigenvalue weighted by Crippen LogP contribution is -2.23. The summed E-state index contributed by atoms with van der Waals surface area (Å²) in [6.45, 7) is 2.42. The predicted octanol–water partition coefficient (Wildman–Crippen LogP) is 3.72. The van der Waals surface area contributed by atoms with Crippen molar-refractivity contribution in [3.8, 4) is 17.2 Å². The summed E-state index contributed by atoms with van der Waals surface area (Å²) in [7, 11) is 1.60. The van der Waals surface area contributed by atoms with Crippen molar-refractivity contribution >= 4 is 17.6 Å². The molecule has 0 radical (unpaired) electrons. The van der Waals surface area contributed by atoms with E-state index in [4.69, 9.17) is 13.9 Å². The average Bonchev–Trinajstić information content (AvgIpc) is 3.44. The van der Waals surface area contributed by atoms with E-state index in [1.165, 1.54) is 0 Å². The maximum Gasteiger partial charge on any atom is 0.311 e. The van der Waals surface area contributed by atoms with E-state index in [1.807, 2.05) is 36.4 Å². The van der Waals surface area contributed by atoms with Crippen LogP contribution in [0.5, 0.6) is 5.75 Å². The summed E-state index contributed by atoms with van der Waals surface area (Å²) < 4.78 is 16.3. The maximum atomic E-state index is 12.3. The molecule has 1 fully saturated rings. The second kappa shape index (κ2) is 8.99. The zero-order valence-electron chi connectivity index (χ0n) is 17.4. The van der Waals surface area contributed by atoms with Crippen molar-refractivity contribution in [3.63, 3.8) is 0 Å². The van der Waals surface area contributed by atoms with Gasteiger partial charge in [0.2, 0.25) is 11.8 Å². The molecule has 1 unspecified atom stereocenters. The number of hydrogen-bond donors (Lipinski definition) is 0. The lowest BCUT2D eigenvalue weighted by Gasteiger charge is -2.16. The topological polar surface area (TPSA) is 94.8 Å². The highest BCUT2D eigenvalue weighted by Crippen LogP contribution is 2.25. The molecule has 3 aromatic rings. The molecule has 0 aliphatic carbocycles. The molecule has 2 heterocycles. The van der Waals surface area contributed by atoms with Gasteiger partial charge in [0, 0.05) is 24.2 Å². The number of methoxy groups -OCH3 is 1. The number of aromatic nitrogens is 2. The molecule has 8 heteroatoms. The van der Waals surface area contributed by atoms with Gasteiger partial charge in [-0.05, 0) is 55.3 Å². The molecule has 31 heavy (non-hydrogen) atoms. The van der Waals surface area contributed by atoms with Gasteiger partial charge in [-0.15, -0.1) is 10.2 Å². The van der Waals surface area contributed by atoms with Gasteiger partial charge in [0.1, 0.15) is 5.75 Å². The Morgan fingerprint density at radius 3 is 2.52 bits per heavy atom. The third-order valence-corrected chi connectivity index (χ3v) is 5.10. The fourth-order valence-electron chi connectivity index (χ4n) is 3.42. The third kappa shape index (κ3) is 4.74.